The second-order valence-corrected chi connectivity index (χ2v) is 9.24. The van der Waals surface area contributed by atoms with Crippen LogP contribution >= 0.6 is 0 Å². The summed E-state index contributed by atoms with van der Waals surface area (Å²) >= 11 is 0. The highest BCUT2D eigenvalue weighted by Crippen LogP contribution is 2.59. The van der Waals surface area contributed by atoms with Gasteiger partial charge in [-0.3, -0.25) is 14.1 Å². The van der Waals surface area contributed by atoms with Gasteiger partial charge in [0.2, 0.25) is 0 Å². The maximum atomic E-state index is 13.5. The molecule has 0 radical (unpaired) electrons. The number of rotatable bonds is 8. The van der Waals surface area contributed by atoms with E-state index in [9.17, 15) is 40.4 Å². The number of halogens is 4. The van der Waals surface area contributed by atoms with Gasteiger partial charge in [0.25, 0.3) is 0 Å². The molecule has 1 N–H and O–H groups in total. The second kappa shape index (κ2) is 7.43. The van der Waals surface area contributed by atoms with E-state index < -0.39 is 88.1 Å². The third kappa shape index (κ3) is 3.69. The van der Waals surface area contributed by atoms with Crippen molar-refractivity contribution in [2.24, 2.45) is 23.7 Å². The van der Waals surface area contributed by atoms with Crippen LogP contribution < -0.4 is 0 Å². The molecule has 0 aromatic rings. The Labute approximate surface area is 173 Å². The number of hydrogen-bond donors (Lipinski definition) is 1. The van der Waals surface area contributed by atoms with Gasteiger partial charge in [0, 0.05) is 17.4 Å². The summed E-state index contributed by atoms with van der Waals surface area (Å²) < 4.78 is 97.9. The monoisotopic (exact) mass is 474 g/mol. The molecule has 6 atom stereocenters. The zero-order valence-corrected chi connectivity index (χ0v) is 16.7. The van der Waals surface area contributed by atoms with Gasteiger partial charge in [0.1, 0.15) is 12.2 Å². The van der Waals surface area contributed by atoms with E-state index in [2.05, 4.69) is 11.3 Å². The SMILES string of the molecule is C=C(C)C(=O)OC1C2CC3C1OC(=O)C3C2C(=O)OCCC(F)(F)C(F)(F)S(=O)(=O)O. The Bertz CT molecular complexity index is 932. The first-order valence-electron chi connectivity index (χ1n) is 9.06. The van der Waals surface area contributed by atoms with E-state index in [1.807, 2.05) is 0 Å². The molecule has 0 aromatic heterocycles. The first-order valence-corrected chi connectivity index (χ1v) is 10.5. The normalized spacial score (nSPS) is 32.0. The molecule has 174 valence electrons. The summed E-state index contributed by atoms with van der Waals surface area (Å²) in [6.45, 7) is 3.49. The van der Waals surface area contributed by atoms with Gasteiger partial charge in [-0.2, -0.15) is 26.0 Å². The predicted octanol–water partition coefficient (Wildman–Crippen LogP) is 1.33. The fraction of sp³-hybridized carbons (Fsp3) is 0.706. The van der Waals surface area contributed by atoms with Crippen molar-refractivity contribution in [3.63, 3.8) is 0 Å². The number of esters is 3. The zero-order valence-electron chi connectivity index (χ0n) is 15.9. The van der Waals surface area contributed by atoms with E-state index >= 15 is 0 Å². The van der Waals surface area contributed by atoms with E-state index in [-0.39, 0.29) is 12.0 Å². The summed E-state index contributed by atoms with van der Waals surface area (Å²) in [4.78, 5) is 36.5. The van der Waals surface area contributed by atoms with Crippen molar-refractivity contribution < 1.29 is 59.1 Å². The maximum Gasteiger partial charge on any atom is 0.431 e. The Kier molecular flexibility index (Phi) is 5.62. The van der Waals surface area contributed by atoms with E-state index in [0.29, 0.717) is 0 Å². The highest BCUT2D eigenvalue weighted by atomic mass is 32.2. The Morgan fingerprint density at radius 2 is 1.87 bits per heavy atom. The quantitative estimate of drug-likeness (QED) is 0.182. The van der Waals surface area contributed by atoms with E-state index in [1.54, 1.807) is 0 Å². The lowest BCUT2D eigenvalue weighted by Gasteiger charge is -2.30. The Morgan fingerprint density at radius 1 is 1.26 bits per heavy atom. The first kappa shape index (κ1) is 23.4. The molecule has 0 amide bonds. The highest BCUT2D eigenvalue weighted by molar-refractivity contribution is 7.87. The van der Waals surface area contributed by atoms with Crippen molar-refractivity contribution in [2.45, 2.75) is 43.2 Å². The van der Waals surface area contributed by atoms with Crippen molar-refractivity contribution >= 4 is 28.0 Å². The molecule has 3 rings (SSSR count). The molecule has 0 spiro atoms. The molecule has 14 heteroatoms. The van der Waals surface area contributed by atoms with Crippen LogP contribution in [0.5, 0.6) is 0 Å². The summed E-state index contributed by atoms with van der Waals surface area (Å²) in [5.74, 6) is -11.3. The fourth-order valence-electron chi connectivity index (χ4n) is 4.40. The minimum Gasteiger partial charge on any atom is -0.465 e. The van der Waals surface area contributed by atoms with Crippen molar-refractivity contribution in [1.29, 1.82) is 0 Å². The molecule has 1 aliphatic heterocycles. The second-order valence-electron chi connectivity index (χ2n) is 7.78. The number of hydrogen-bond acceptors (Lipinski definition) is 8. The van der Waals surface area contributed by atoms with E-state index in [1.165, 1.54) is 6.92 Å². The topological polar surface area (TPSA) is 133 Å². The fourth-order valence-corrected chi connectivity index (χ4v) is 4.88. The van der Waals surface area contributed by atoms with E-state index in [0.717, 1.165) is 0 Å². The van der Waals surface area contributed by atoms with Crippen LogP contribution in [-0.4, -0.2) is 60.9 Å². The standard InChI is InChI=1S/C17H18F4O9S/c1-6(2)13(22)29-11-7-5-8-10(15(24)30-12(8)11)9(7)14(23)28-4-3-16(18,19)17(20,21)31(25,26)27/h7-12H,1,3-5H2,2H3,(H,25,26,27). The molecular formula is C17H18F4O9S. The van der Waals surface area contributed by atoms with Crippen LogP contribution in [-0.2, 0) is 38.7 Å². The van der Waals surface area contributed by atoms with Crippen LogP contribution in [0.15, 0.2) is 12.2 Å². The zero-order chi connectivity index (χ0) is 23.5. The summed E-state index contributed by atoms with van der Waals surface area (Å²) in [7, 11) is -6.41. The molecule has 6 unspecified atom stereocenters. The minimum atomic E-state index is -6.41. The van der Waals surface area contributed by atoms with Crippen LogP contribution in [0.25, 0.3) is 0 Å². The van der Waals surface area contributed by atoms with Gasteiger partial charge in [0.15, 0.2) is 0 Å². The maximum absolute atomic E-state index is 13.5. The van der Waals surface area contributed by atoms with Crippen molar-refractivity contribution in [3.05, 3.63) is 12.2 Å². The molecule has 1 saturated heterocycles. The molecule has 3 fully saturated rings. The van der Waals surface area contributed by atoms with Gasteiger partial charge in [-0.15, -0.1) is 0 Å². The summed E-state index contributed by atoms with van der Waals surface area (Å²) in [6, 6.07) is 0. The number of fused-ring (bicyclic) bond motifs is 1. The molecule has 9 nitrogen and oxygen atoms in total. The Morgan fingerprint density at radius 3 is 2.42 bits per heavy atom. The lowest BCUT2D eigenvalue weighted by molar-refractivity contribution is -0.178. The van der Waals surface area contributed by atoms with Gasteiger partial charge in [-0.05, 0) is 13.3 Å². The third-order valence-electron chi connectivity index (χ3n) is 5.82. The average Bonchev–Trinajstić information content (AvgIpc) is 3.23. The summed E-state index contributed by atoms with van der Waals surface area (Å²) in [5, 5.41) is -5.79. The van der Waals surface area contributed by atoms with E-state index in [4.69, 9.17) is 14.0 Å². The smallest absolute Gasteiger partial charge is 0.431 e. The van der Waals surface area contributed by atoms with Gasteiger partial charge >= 0.3 is 39.2 Å². The summed E-state index contributed by atoms with van der Waals surface area (Å²) in [6.07, 6.45) is -3.41. The lowest BCUT2D eigenvalue weighted by Crippen LogP contribution is -2.47. The number of carbonyl (C=O) groups excluding carboxylic acids is 3. The van der Waals surface area contributed by atoms with Gasteiger partial charge in [0.05, 0.1) is 24.9 Å². The Balaban J connectivity index is 1.69. The number of carbonyl (C=O) groups is 3. The van der Waals surface area contributed by atoms with Crippen LogP contribution in [0.2, 0.25) is 0 Å². The van der Waals surface area contributed by atoms with Crippen LogP contribution in [0, 0.1) is 23.7 Å². The lowest BCUT2D eigenvalue weighted by atomic mass is 9.78. The Hall–Kier alpha value is -2.22. The van der Waals surface area contributed by atoms with Crippen molar-refractivity contribution in [2.75, 3.05) is 6.61 Å². The van der Waals surface area contributed by atoms with Crippen LogP contribution in [0.3, 0.4) is 0 Å². The number of ether oxygens (including phenoxy) is 3. The predicted molar refractivity (Wildman–Crippen MR) is 90.2 cm³/mol. The molecule has 2 bridgehead atoms. The molecule has 2 aliphatic carbocycles. The molecule has 1 heterocycles. The number of alkyl halides is 4. The molecule has 31 heavy (non-hydrogen) atoms. The molecular weight excluding hydrogens is 456 g/mol. The first-order chi connectivity index (χ1) is 14.1. The van der Waals surface area contributed by atoms with Crippen molar-refractivity contribution in [1.82, 2.24) is 0 Å². The van der Waals surface area contributed by atoms with Gasteiger partial charge in [-0.25, -0.2) is 4.79 Å². The minimum absolute atomic E-state index is 0.0600. The largest absolute Gasteiger partial charge is 0.465 e. The summed E-state index contributed by atoms with van der Waals surface area (Å²) in [5.41, 5.74) is 0.0600. The van der Waals surface area contributed by atoms with Crippen molar-refractivity contribution in [3.8, 4) is 0 Å². The highest BCUT2D eigenvalue weighted by Gasteiger charge is 2.70. The van der Waals surface area contributed by atoms with Gasteiger partial charge < -0.3 is 14.2 Å². The molecule has 2 saturated carbocycles. The third-order valence-corrected chi connectivity index (χ3v) is 6.77. The average molecular weight is 474 g/mol. The van der Waals surface area contributed by atoms with Crippen LogP contribution in [0.1, 0.15) is 19.8 Å². The van der Waals surface area contributed by atoms with Crippen LogP contribution in [0.4, 0.5) is 17.6 Å². The molecule has 0 aromatic carbocycles. The molecule has 3 aliphatic rings. The van der Waals surface area contributed by atoms with Gasteiger partial charge in [-0.1, -0.05) is 6.58 Å².